The Balaban J connectivity index is 2.15. The predicted molar refractivity (Wildman–Crippen MR) is 237 cm³/mol. The molecule has 63 heavy (non-hydrogen) atoms. The van der Waals surface area contributed by atoms with Crippen molar-refractivity contribution in [2.24, 2.45) is 41.2 Å². The Morgan fingerprint density at radius 2 is 1.56 bits per heavy atom. The van der Waals surface area contributed by atoms with Crippen LogP contribution in [0.1, 0.15) is 88.5 Å². The van der Waals surface area contributed by atoms with Gasteiger partial charge in [-0.15, -0.1) is 0 Å². The van der Waals surface area contributed by atoms with Crippen LogP contribution in [0, 0.1) is 35.5 Å². The number of aliphatic hydroxyl groups is 5. The zero-order valence-corrected chi connectivity index (χ0v) is 39.9. The first-order valence-corrected chi connectivity index (χ1v) is 21.9. The summed E-state index contributed by atoms with van der Waals surface area (Å²) in [5.41, 5.74) is 6.84. The van der Waals surface area contributed by atoms with Crippen molar-refractivity contribution in [1.82, 2.24) is 0 Å². The quantitative estimate of drug-likeness (QED) is 0.0264. The molecule has 0 spiro atoms. The van der Waals surface area contributed by atoms with E-state index in [4.69, 9.17) is 43.6 Å². The van der Waals surface area contributed by atoms with Crippen molar-refractivity contribution in [2.75, 3.05) is 28.4 Å². The molecular formula is C47H79NO15. The van der Waals surface area contributed by atoms with Gasteiger partial charge in [0.2, 0.25) is 5.76 Å². The van der Waals surface area contributed by atoms with Crippen LogP contribution in [0.3, 0.4) is 0 Å². The lowest BCUT2D eigenvalue weighted by Gasteiger charge is -2.51. The first-order chi connectivity index (χ1) is 29.5. The number of allylic oxidation sites excluding steroid dienone is 6. The maximum Gasteiger partial charge on any atom is 0.404 e. The van der Waals surface area contributed by atoms with Crippen LogP contribution in [0.4, 0.5) is 4.79 Å². The Hall–Kier alpha value is -3.16. The molecule has 18 atom stereocenters. The summed E-state index contributed by atoms with van der Waals surface area (Å²) >= 11 is 0. The Bertz CT molecular complexity index is 1570. The van der Waals surface area contributed by atoms with E-state index in [1.165, 1.54) is 28.4 Å². The molecule has 0 saturated carbocycles. The minimum atomic E-state index is -1.36. The van der Waals surface area contributed by atoms with Gasteiger partial charge in [-0.05, 0) is 46.1 Å². The van der Waals surface area contributed by atoms with E-state index in [9.17, 15) is 35.1 Å². The summed E-state index contributed by atoms with van der Waals surface area (Å²) in [6.07, 6.45) is 2.92. The molecule has 0 aromatic heterocycles. The molecule has 2 saturated heterocycles. The highest BCUT2D eigenvalue weighted by atomic mass is 16.7. The van der Waals surface area contributed by atoms with Crippen LogP contribution < -0.4 is 5.73 Å². The highest BCUT2D eigenvalue weighted by Crippen LogP contribution is 2.44. The Morgan fingerprint density at radius 1 is 0.921 bits per heavy atom. The molecule has 2 aliphatic rings. The number of rotatable bonds is 23. The van der Waals surface area contributed by atoms with Gasteiger partial charge in [-0.2, -0.15) is 0 Å². The van der Waals surface area contributed by atoms with Gasteiger partial charge in [-0.1, -0.05) is 89.1 Å². The standard InChI is InChI=1S/C47H79NO15/c1-15-17-35-29(6)38(61-39-23-34(49)44(33(10)60-39)62-46(48)55)24-47(59-14,63-35)32(9)42(52)31(8)43(53)36(56-11)19-16-18-25(2)20-27(4)40(50)30(7)41(51)28(5)21-26(3)22-37(57-12)45(54)58-13/h15-19,21-22,27-36,38-44,49-53H,20,23-24H2,1-14H3,(H2,48,55)/b17-15+,19-16+,25-18+,26-21+,37-22-/t27-,28-,29-,30+,31+,32+,33-,34-,35-,36+,38-,39+,40+,41-,42-,43-,44-,47-/m1/s1. The molecule has 7 N–H and O–H groups in total. The average Bonchev–Trinajstić information content (AvgIpc) is 3.24. The molecule has 0 aliphatic carbocycles. The number of carbonyl (C=O) groups excluding carboxylic acids is 2. The van der Waals surface area contributed by atoms with E-state index < -0.39 is 103 Å². The average molecular weight is 898 g/mol. The van der Waals surface area contributed by atoms with E-state index >= 15 is 0 Å². The van der Waals surface area contributed by atoms with Crippen molar-refractivity contribution in [2.45, 2.75) is 162 Å². The lowest BCUT2D eigenvalue weighted by atomic mass is 9.77. The molecule has 2 heterocycles. The summed E-state index contributed by atoms with van der Waals surface area (Å²) in [4.78, 5) is 23.3. The minimum absolute atomic E-state index is 0.0298. The van der Waals surface area contributed by atoms with Crippen LogP contribution in [0.2, 0.25) is 0 Å². The zero-order chi connectivity index (χ0) is 47.9. The second-order valence-corrected chi connectivity index (χ2v) is 17.6. The number of ether oxygens (including phenoxy) is 8. The molecule has 362 valence electrons. The van der Waals surface area contributed by atoms with E-state index in [-0.39, 0.29) is 36.4 Å². The van der Waals surface area contributed by atoms with Gasteiger partial charge in [0, 0.05) is 56.7 Å². The lowest BCUT2D eigenvalue weighted by Crippen LogP contribution is -2.60. The topological polar surface area (TPSA) is 235 Å². The predicted octanol–water partition coefficient (Wildman–Crippen LogP) is 4.86. The van der Waals surface area contributed by atoms with Gasteiger partial charge in [-0.25, -0.2) is 9.59 Å². The second kappa shape index (κ2) is 26.1. The maximum absolute atomic E-state index is 11.9. The molecule has 0 unspecified atom stereocenters. The molecule has 2 fully saturated rings. The van der Waals surface area contributed by atoms with E-state index in [1.807, 2.05) is 58.9 Å². The van der Waals surface area contributed by atoms with Crippen molar-refractivity contribution >= 4 is 12.1 Å². The lowest BCUT2D eigenvalue weighted by molar-refractivity contribution is -0.346. The molecule has 0 aromatic carbocycles. The first-order valence-electron chi connectivity index (χ1n) is 21.9. The van der Waals surface area contributed by atoms with Crippen LogP contribution in [0.15, 0.2) is 59.4 Å². The van der Waals surface area contributed by atoms with Crippen LogP contribution >= 0.6 is 0 Å². The van der Waals surface area contributed by atoms with Gasteiger partial charge in [0.25, 0.3) is 0 Å². The number of amides is 1. The smallest absolute Gasteiger partial charge is 0.404 e. The third-order valence-electron chi connectivity index (χ3n) is 12.8. The number of hydrogen-bond donors (Lipinski definition) is 6. The van der Waals surface area contributed by atoms with Gasteiger partial charge in [0.1, 0.15) is 6.10 Å². The Kier molecular flexibility index (Phi) is 23.2. The van der Waals surface area contributed by atoms with Gasteiger partial charge >= 0.3 is 12.1 Å². The monoisotopic (exact) mass is 898 g/mol. The Morgan fingerprint density at radius 3 is 2.10 bits per heavy atom. The van der Waals surface area contributed by atoms with Crippen molar-refractivity contribution in [3.63, 3.8) is 0 Å². The highest BCUT2D eigenvalue weighted by molar-refractivity contribution is 5.86. The third kappa shape index (κ3) is 15.5. The number of primary amides is 1. The minimum Gasteiger partial charge on any atom is -0.490 e. The molecule has 16 heteroatoms. The van der Waals surface area contributed by atoms with Crippen molar-refractivity contribution in [3.05, 3.63) is 59.4 Å². The molecule has 2 aliphatic heterocycles. The van der Waals surface area contributed by atoms with E-state index in [2.05, 4.69) is 0 Å². The Labute approximate surface area is 375 Å². The summed E-state index contributed by atoms with van der Waals surface area (Å²) in [5, 5.41) is 56.5. The molecular weight excluding hydrogens is 819 g/mol. The maximum atomic E-state index is 11.9. The van der Waals surface area contributed by atoms with Crippen molar-refractivity contribution in [3.8, 4) is 0 Å². The second-order valence-electron chi connectivity index (χ2n) is 17.6. The largest absolute Gasteiger partial charge is 0.490 e. The van der Waals surface area contributed by atoms with E-state index in [1.54, 1.807) is 52.8 Å². The zero-order valence-electron chi connectivity index (χ0n) is 39.9. The van der Waals surface area contributed by atoms with Crippen molar-refractivity contribution < 1.29 is 73.0 Å². The fourth-order valence-corrected chi connectivity index (χ4v) is 8.70. The molecule has 0 radical (unpaired) electrons. The third-order valence-corrected chi connectivity index (χ3v) is 12.8. The summed E-state index contributed by atoms with van der Waals surface area (Å²) in [6.45, 7) is 18.3. The van der Waals surface area contributed by atoms with Crippen LogP contribution in [0.25, 0.3) is 0 Å². The van der Waals surface area contributed by atoms with E-state index in [0.717, 1.165) is 5.57 Å². The summed E-state index contributed by atoms with van der Waals surface area (Å²) in [6, 6.07) is 0. The highest BCUT2D eigenvalue weighted by Gasteiger charge is 2.53. The number of nitrogens with two attached hydrogens (primary N) is 1. The van der Waals surface area contributed by atoms with Crippen LogP contribution in [0.5, 0.6) is 0 Å². The summed E-state index contributed by atoms with van der Waals surface area (Å²) < 4.78 is 45.8. The fourth-order valence-electron chi connectivity index (χ4n) is 8.70. The van der Waals surface area contributed by atoms with Crippen LogP contribution in [-0.2, 0) is 42.7 Å². The van der Waals surface area contributed by atoms with Gasteiger partial charge in [-0.3, -0.25) is 0 Å². The SMILES string of the molecule is C/C=C/[C@H]1O[C@@](OC)([C@@H](C)[C@H](O)[C@H](C)[C@@H](O)[C@H](/C=C/C=C(\C)C[C@@H](C)[C@H](O)[C@H](C)[C@H](O)[C@H](C)/C=C(C)/C=C(\OC)C(=O)OC)OC)C[C@@H](O[C@H]2C[C@@H](O)[C@H](OC(N)=O)[C@@H](C)O2)[C@@H]1C. The summed E-state index contributed by atoms with van der Waals surface area (Å²) in [5.74, 6) is -4.52. The van der Waals surface area contributed by atoms with Crippen molar-refractivity contribution in [1.29, 1.82) is 0 Å². The number of carbonyl (C=O) groups is 2. The van der Waals surface area contributed by atoms with Gasteiger partial charge < -0.3 is 69.2 Å². The number of methoxy groups -OCH3 is 4. The molecule has 2 rings (SSSR count). The van der Waals surface area contributed by atoms with Gasteiger partial charge in [0.05, 0.1) is 63.1 Å². The molecule has 0 bridgehead atoms. The molecule has 0 aromatic rings. The normalized spacial score (nSPS) is 31.3. The molecule has 1 amide bonds. The van der Waals surface area contributed by atoms with Gasteiger partial charge in [0.15, 0.2) is 18.2 Å². The van der Waals surface area contributed by atoms with Crippen LogP contribution in [-0.4, -0.2) is 139 Å². The summed E-state index contributed by atoms with van der Waals surface area (Å²) in [7, 11) is 5.62. The number of aliphatic hydroxyl groups excluding tert-OH is 5. The number of hydrogen-bond acceptors (Lipinski definition) is 15. The van der Waals surface area contributed by atoms with E-state index in [0.29, 0.717) is 12.0 Å². The molecule has 16 nitrogen and oxygen atoms in total. The number of esters is 1. The first kappa shape index (κ1) is 56.0. The fraction of sp³-hybridized carbons (Fsp3) is 0.745.